The molecule has 0 fully saturated rings. The van der Waals surface area contributed by atoms with Gasteiger partial charge in [-0.1, -0.05) is 43.4 Å². The predicted molar refractivity (Wildman–Crippen MR) is 55.9 cm³/mol. The van der Waals surface area contributed by atoms with Crippen LogP contribution in [0.5, 0.6) is 0 Å². The number of hydrogen-bond donors (Lipinski definition) is 1. The molecular weight excluding hydrogens is 253 g/mol. The van der Waals surface area contributed by atoms with Gasteiger partial charge >= 0.3 is 0 Å². The molecule has 3 heteroatoms. The summed E-state index contributed by atoms with van der Waals surface area (Å²) in [5.41, 5.74) is -0.246. The number of amides is 1. The predicted octanol–water partition coefficient (Wildman–Crippen LogP) is 1.97. The lowest BCUT2D eigenvalue weighted by Gasteiger charge is -2.27. The molecule has 66 valence electrons. The highest BCUT2D eigenvalue weighted by atomic mass is 127. The molecule has 0 saturated heterocycles. The largest absolute Gasteiger partial charge is 0.359 e. The van der Waals surface area contributed by atoms with E-state index in [1.165, 1.54) is 0 Å². The van der Waals surface area contributed by atoms with Crippen LogP contribution >= 0.6 is 22.6 Å². The summed E-state index contributed by atoms with van der Waals surface area (Å²) in [4.78, 5) is 11.3. The van der Waals surface area contributed by atoms with Gasteiger partial charge in [-0.15, -0.1) is 0 Å². The van der Waals surface area contributed by atoms with Crippen molar-refractivity contribution in [1.82, 2.24) is 5.32 Å². The third kappa shape index (κ3) is 2.61. The molecule has 11 heavy (non-hydrogen) atoms. The summed E-state index contributed by atoms with van der Waals surface area (Å²) in [5, 5.41) is 2.68. The Morgan fingerprint density at radius 3 is 2.36 bits per heavy atom. The van der Waals surface area contributed by atoms with Gasteiger partial charge in [0.1, 0.15) is 0 Å². The smallest absolute Gasteiger partial charge is 0.226 e. The van der Waals surface area contributed by atoms with E-state index in [-0.39, 0.29) is 11.3 Å². The SMILES string of the molecule is CCC(I)C(C)(C)C(=O)NC. The van der Waals surface area contributed by atoms with Crippen LogP contribution in [0.3, 0.4) is 0 Å². The fourth-order valence-corrected chi connectivity index (χ4v) is 1.26. The molecule has 0 aliphatic heterocycles. The number of carbonyl (C=O) groups is 1. The minimum absolute atomic E-state index is 0.124. The van der Waals surface area contributed by atoms with Crippen molar-refractivity contribution in [2.75, 3.05) is 7.05 Å². The Bertz CT molecular complexity index is 145. The molecule has 0 aromatic carbocycles. The van der Waals surface area contributed by atoms with E-state index in [1.54, 1.807) is 7.05 Å². The van der Waals surface area contributed by atoms with Crippen LogP contribution < -0.4 is 5.32 Å². The van der Waals surface area contributed by atoms with Gasteiger partial charge in [0.05, 0.1) is 5.41 Å². The summed E-state index contributed by atoms with van der Waals surface area (Å²) in [6.07, 6.45) is 1.03. The summed E-state index contributed by atoms with van der Waals surface area (Å²) >= 11 is 2.33. The number of alkyl halides is 1. The third-order valence-electron chi connectivity index (χ3n) is 1.95. The van der Waals surface area contributed by atoms with Gasteiger partial charge in [0.2, 0.25) is 5.91 Å². The second-order valence-corrected chi connectivity index (χ2v) is 4.68. The summed E-state index contributed by atoms with van der Waals surface area (Å²) < 4.78 is 0.403. The molecule has 0 aliphatic rings. The van der Waals surface area contributed by atoms with Gasteiger partial charge in [-0.05, 0) is 6.42 Å². The monoisotopic (exact) mass is 269 g/mol. The molecular formula is C8H16INO. The highest BCUT2D eigenvalue weighted by molar-refractivity contribution is 14.1. The number of carbonyl (C=O) groups excluding carboxylic acids is 1. The van der Waals surface area contributed by atoms with Gasteiger partial charge in [-0.2, -0.15) is 0 Å². The maximum absolute atomic E-state index is 11.3. The maximum Gasteiger partial charge on any atom is 0.226 e. The molecule has 0 saturated carbocycles. The highest BCUT2D eigenvalue weighted by Gasteiger charge is 2.32. The Kier molecular flexibility index (Phi) is 4.36. The van der Waals surface area contributed by atoms with E-state index >= 15 is 0 Å². The first-order valence-corrected chi connectivity index (χ1v) is 5.07. The minimum Gasteiger partial charge on any atom is -0.359 e. The van der Waals surface area contributed by atoms with Gasteiger partial charge in [-0.25, -0.2) is 0 Å². The van der Waals surface area contributed by atoms with Crippen LogP contribution in [0.2, 0.25) is 0 Å². The number of halogens is 1. The summed E-state index contributed by atoms with van der Waals surface area (Å²) in [7, 11) is 1.68. The Balaban J connectivity index is 4.31. The van der Waals surface area contributed by atoms with Gasteiger partial charge in [0.15, 0.2) is 0 Å². The van der Waals surface area contributed by atoms with Crippen molar-refractivity contribution < 1.29 is 4.79 Å². The topological polar surface area (TPSA) is 29.1 Å². The zero-order valence-corrected chi connectivity index (χ0v) is 9.73. The average Bonchev–Trinajstić information content (AvgIpc) is 2.01. The van der Waals surface area contributed by atoms with E-state index in [2.05, 4.69) is 34.8 Å². The first kappa shape index (κ1) is 11.2. The van der Waals surface area contributed by atoms with E-state index in [9.17, 15) is 4.79 Å². The van der Waals surface area contributed by atoms with E-state index in [4.69, 9.17) is 0 Å². The molecule has 2 nitrogen and oxygen atoms in total. The molecule has 0 rings (SSSR count). The molecule has 1 atom stereocenters. The molecule has 1 unspecified atom stereocenters. The molecule has 0 aliphatic carbocycles. The van der Waals surface area contributed by atoms with Crippen LogP contribution in [0.15, 0.2) is 0 Å². The van der Waals surface area contributed by atoms with E-state index < -0.39 is 0 Å². The van der Waals surface area contributed by atoms with Crippen LogP contribution in [0.4, 0.5) is 0 Å². The lowest BCUT2D eigenvalue weighted by atomic mass is 9.87. The van der Waals surface area contributed by atoms with E-state index in [0.29, 0.717) is 3.92 Å². The maximum atomic E-state index is 11.3. The Labute approximate surface area is 82.3 Å². The molecule has 0 bridgehead atoms. The first-order valence-electron chi connectivity index (χ1n) is 3.83. The van der Waals surface area contributed by atoms with Gasteiger partial charge < -0.3 is 5.32 Å². The lowest BCUT2D eigenvalue weighted by Crippen LogP contribution is -2.40. The zero-order chi connectivity index (χ0) is 9.07. The van der Waals surface area contributed by atoms with Crippen molar-refractivity contribution in [3.8, 4) is 0 Å². The van der Waals surface area contributed by atoms with E-state index in [1.807, 2.05) is 13.8 Å². The van der Waals surface area contributed by atoms with Crippen molar-refractivity contribution in [2.24, 2.45) is 5.41 Å². The lowest BCUT2D eigenvalue weighted by molar-refractivity contribution is -0.128. The van der Waals surface area contributed by atoms with E-state index in [0.717, 1.165) is 6.42 Å². The minimum atomic E-state index is -0.246. The van der Waals surface area contributed by atoms with Crippen LogP contribution in [0.25, 0.3) is 0 Å². The Morgan fingerprint density at radius 1 is 1.64 bits per heavy atom. The zero-order valence-electron chi connectivity index (χ0n) is 7.57. The molecule has 1 amide bonds. The standard InChI is InChI=1S/C8H16INO/c1-5-6(9)8(2,3)7(11)10-4/h6H,5H2,1-4H3,(H,10,11). The molecule has 0 spiro atoms. The van der Waals surface area contributed by atoms with Gasteiger partial charge in [0, 0.05) is 11.0 Å². The average molecular weight is 269 g/mol. The van der Waals surface area contributed by atoms with Gasteiger partial charge in [-0.3, -0.25) is 4.79 Å². The van der Waals surface area contributed by atoms with Crippen molar-refractivity contribution in [1.29, 1.82) is 0 Å². The molecule has 1 N–H and O–H groups in total. The fourth-order valence-electron chi connectivity index (χ4n) is 0.975. The normalized spacial score (nSPS) is 14.3. The van der Waals surface area contributed by atoms with Crippen LogP contribution in [0, 0.1) is 5.41 Å². The second-order valence-electron chi connectivity index (χ2n) is 3.18. The van der Waals surface area contributed by atoms with Crippen molar-refractivity contribution >= 4 is 28.5 Å². The quantitative estimate of drug-likeness (QED) is 0.616. The van der Waals surface area contributed by atoms with Crippen LogP contribution in [-0.2, 0) is 4.79 Å². The molecule has 0 heterocycles. The Morgan fingerprint density at radius 2 is 2.09 bits per heavy atom. The van der Waals surface area contributed by atoms with Crippen molar-refractivity contribution in [2.45, 2.75) is 31.1 Å². The van der Waals surface area contributed by atoms with Gasteiger partial charge in [0.25, 0.3) is 0 Å². The first-order chi connectivity index (χ1) is 4.96. The Hall–Kier alpha value is 0.200. The van der Waals surface area contributed by atoms with Crippen LogP contribution in [-0.4, -0.2) is 16.9 Å². The van der Waals surface area contributed by atoms with Crippen molar-refractivity contribution in [3.63, 3.8) is 0 Å². The molecule has 0 aromatic rings. The number of rotatable bonds is 3. The van der Waals surface area contributed by atoms with Crippen LogP contribution in [0.1, 0.15) is 27.2 Å². The summed E-state index contributed by atoms with van der Waals surface area (Å²) in [6.45, 7) is 6.06. The molecule has 0 aromatic heterocycles. The fraction of sp³-hybridized carbons (Fsp3) is 0.875. The highest BCUT2D eigenvalue weighted by Crippen LogP contribution is 2.29. The summed E-state index contributed by atoms with van der Waals surface area (Å²) in [5.74, 6) is 0.124. The molecule has 0 radical (unpaired) electrons. The second kappa shape index (κ2) is 4.28. The third-order valence-corrected chi connectivity index (χ3v) is 4.39. The number of hydrogen-bond acceptors (Lipinski definition) is 1. The van der Waals surface area contributed by atoms with Crippen molar-refractivity contribution in [3.05, 3.63) is 0 Å². The summed E-state index contributed by atoms with van der Waals surface area (Å²) in [6, 6.07) is 0. The number of nitrogens with one attached hydrogen (secondary N) is 1.